The summed E-state index contributed by atoms with van der Waals surface area (Å²) < 4.78 is 6.13. The highest BCUT2D eigenvalue weighted by Gasteiger charge is 2.21. The average Bonchev–Trinajstić information content (AvgIpc) is 2.76. The van der Waals surface area contributed by atoms with E-state index in [-0.39, 0.29) is 16.9 Å². The van der Waals surface area contributed by atoms with Crippen molar-refractivity contribution in [1.82, 2.24) is 15.1 Å². The van der Waals surface area contributed by atoms with Crippen molar-refractivity contribution < 1.29 is 14.3 Å². The standard InChI is InChI=1S/C22H24BrClN4O3S/c1-3-31-19-7-5-14(12-16(19)23)20(29)26-22(32)25-18-13-15(4-6-17(18)24)21(30)28-10-8-27(2)9-11-28/h4-7,12-13H,3,8-11H2,1-2H3,(H2,25,26,29,32). The van der Waals surface area contributed by atoms with E-state index in [1.807, 2.05) is 18.9 Å². The second kappa shape index (κ2) is 11.1. The second-order valence-corrected chi connectivity index (χ2v) is 8.95. The fraction of sp³-hybridized carbons (Fsp3) is 0.318. The molecule has 1 fully saturated rings. The summed E-state index contributed by atoms with van der Waals surface area (Å²) in [5.41, 5.74) is 1.37. The first-order valence-corrected chi connectivity index (χ1v) is 11.7. The first-order chi connectivity index (χ1) is 15.3. The quantitative estimate of drug-likeness (QED) is 0.559. The summed E-state index contributed by atoms with van der Waals surface area (Å²) in [5, 5.41) is 6.01. The van der Waals surface area contributed by atoms with Crippen LogP contribution < -0.4 is 15.4 Å². The van der Waals surface area contributed by atoms with Gasteiger partial charge in [-0.1, -0.05) is 11.6 Å². The van der Waals surface area contributed by atoms with Gasteiger partial charge in [0.15, 0.2) is 5.11 Å². The topological polar surface area (TPSA) is 73.9 Å². The Morgan fingerprint density at radius 3 is 2.47 bits per heavy atom. The Kier molecular flexibility index (Phi) is 8.47. The Bertz CT molecular complexity index is 1030. The molecule has 1 aliphatic heterocycles. The predicted molar refractivity (Wildman–Crippen MR) is 134 cm³/mol. The molecule has 7 nitrogen and oxygen atoms in total. The summed E-state index contributed by atoms with van der Waals surface area (Å²) in [5.74, 6) is 0.206. The van der Waals surface area contributed by atoms with E-state index in [1.54, 1.807) is 36.4 Å². The molecule has 32 heavy (non-hydrogen) atoms. The van der Waals surface area contributed by atoms with Crippen LogP contribution in [0, 0.1) is 0 Å². The monoisotopic (exact) mass is 538 g/mol. The molecule has 0 aromatic heterocycles. The highest BCUT2D eigenvalue weighted by Crippen LogP contribution is 2.26. The molecular formula is C22H24BrClN4O3S. The SMILES string of the molecule is CCOc1ccc(C(=O)NC(=S)Nc2cc(C(=O)N3CCN(C)CC3)ccc2Cl)cc1Br. The molecule has 2 amide bonds. The van der Waals surface area contributed by atoms with Gasteiger partial charge in [-0.3, -0.25) is 14.9 Å². The van der Waals surface area contributed by atoms with Crippen LogP contribution in [0.25, 0.3) is 0 Å². The van der Waals surface area contributed by atoms with Crippen molar-refractivity contribution in [3.63, 3.8) is 0 Å². The van der Waals surface area contributed by atoms with Gasteiger partial charge in [0.05, 0.1) is 21.8 Å². The van der Waals surface area contributed by atoms with Crippen LogP contribution in [-0.2, 0) is 0 Å². The number of piperazine rings is 1. The highest BCUT2D eigenvalue weighted by atomic mass is 79.9. The molecule has 1 aliphatic rings. The molecule has 0 bridgehead atoms. The van der Waals surface area contributed by atoms with Crippen molar-refractivity contribution in [1.29, 1.82) is 0 Å². The number of benzene rings is 2. The molecular weight excluding hydrogens is 516 g/mol. The first-order valence-electron chi connectivity index (χ1n) is 10.1. The van der Waals surface area contributed by atoms with Gasteiger partial charge in [0.2, 0.25) is 0 Å². The third-order valence-corrected chi connectivity index (χ3v) is 6.13. The molecule has 170 valence electrons. The number of rotatable bonds is 5. The van der Waals surface area contributed by atoms with Crippen LogP contribution in [0.15, 0.2) is 40.9 Å². The Morgan fingerprint density at radius 1 is 1.12 bits per heavy atom. The fourth-order valence-corrected chi connectivity index (χ4v) is 4.05. The lowest BCUT2D eigenvalue weighted by Crippen LogP contribution is -2.47. The molecule has 0 unspecified atom stereocenters. The maximum Gasteiger partial charge on any atom is 0.257 e. The lowest BCUT2D eigenvalue weighted by atomic mass is 10.1. The summed E-state index contributed by atoms with van der Waals surface area (Å²) >= 11 is 15.0. The van der Waals surface area contributed by atoms with E-state index in [2.05, 4.69) is 31.5 Å². The van der Waals surface area contributed by atoms with Crippen LogP contribution in [-0.4, -0.2) is 66.6 Å². The van der Waals surface area contributed by atoms with E-state index in [1.165, 1.54) is 0 Å². The Morgan fingerprint density at radius 2 is 1.81 bits per heavy atom. The third kappa shape index (κ3) is 6.19. The molecule has 0 radical (unpaired) electrons. The van der Waals surface area contributed by atoms with Crippen molar-refractivity contribution in [3.8, 4) is 5.75 Å². The number of hydrogen-bond donors (Lipinski definition) is 2. The maximum absolute atomic E-state index is 12.8. The van der Waals surface area contributed by atoms with Crippen LogP contribution >= 0.6 is 39.7 Å². The molecule has 0 aliphatic carbocycles. The van der Waals surface area contributed by atoms with E-state index < -0.39 is 0 Å². The molecule has 0 atom stereocenters. The number of ether oxygens (including phenoxy) is 1. The largest absolute Gasteiger partial charge is 0.493 e. The van der Waals surface area contributed by atoms with Gasteiger partial charge in [-0.05, 0) is 78.5 Å². The molecule has 2 aromatic rings. The minimum Gasteiger partial charge on any atom is -0.493 e. The molecule has 3 rings (SSSR count). The lowest BCUT2D eigenvalue weighted by molar-refractivity contribution is 0.0664. The van der Waals surface area contributed by atoms with Gasteiger partial charge >= 0.3 is 0 Å². The number of carbonyl (C=O) groups is 2. The zero-order valence-electron chi connectivity index (χ0n) is 17.8. The van der Waals surface area contributed by atoms with Gasteiger partial charge in [-0.15, -0.1) is 0 Å². The van der Waals surface area contributed by atoms with Gasteiger partial charge in [0.25, 0.3) is 11.8 Å². The van der Waals surface area contributed by atoms with Crippen molar-refractivity contribution in [2.45, 2.75) is 6.92 Å². The number of thiocarbonyl (C=S) groups is 1. The highest BCUT2D eigenvalue weighted by molar-refractivity contribution is 9.10. The van der Waals surface area contributed by atoms with E-state index in [9.17, 15) is 9.59 Å². The molecule has 0 spiro atoms. The van der Waals surface area contributed by atoms with E-state index in [0.717, 1.165) is 13.1 Å². The predicted octanol–water partition coefficient (Wildman–Crippen LogP) is 4.02. The third-order valence-electron chi connectivity index (χ3n) is 4.97. The van der Waals surface area contributed by atoms with Gasteiger partial charge in [0.1, 0.15) is 5.75 Å². The summed E-state index contributed by atoms with van der Waals surface area (Å²) in [4.78, 5) is 29.4. The van der Waals surface area contributed by atoms with Crippen LogP contribution in [0.3, 0.4) is 0 Å². The van der Waals surface area contributed by atoms with Crippen LogP contribution in [0.5, 0.6) is 5.75 Å². The minimum absolute atomic E-state index is 0.0630. The number of halogens is 2. The minimum atomic E-state index is -0.382. The first kappa shape index (κ1) is 24.4. The summed E-state index contributed by atoms with van der Waals surface area (Å²) in [7, 11) is 2.04. The number of nitrogens with zero attached hydrogens (tertiary/aromatic N) is 2. The van der Waals surface area contributed by atoms with Crippen molar-refractivity contribution in [2.24, 2.45) is 0 Å². The zero-order chi connectivity index (χ0) is 23.3. The number of anilines is 1. The van der Waals surface area contributed by atoms with E-state index >= 15 is 0 Å². The zero-order valence-corrected chi connectivity index (χ0v) is 20.9. The molecule has 2 N–H and O–H groups in total. The Balaban J connectivity index is 1.65. The number of nitrogens with one attached hydrogen (secondary N) is 2. The van der Waals surface area contributed by atoms with Crippen LogP contribution in [0.4, 0.5) is 5.69 Å². The number of carbonyl (C=O) groups excluding carboxylic acids is 2. The summed E-state index contributed by atoms with van der Waals surface area (Å²) in [6.07, 6.45) is 0. The summed E-state index contributed by atoms with van der Waals surface area (Å²) in [6.45, 7) is 5.43. The number of hydrogen-bond acceptors (Lipinski definition) is 5. The van der Waals surface area contributed by atoms with Crippen molar-refractivity contribution >= 4 is 62.4 Å². The molecule has 10 heteroatoms. The van der Waals surface area contributed by atoms with Crippen molar-refractivity contribution in [3.05, 3.63) is 57.0 Å². The Labute approximate surface area is 206 Å². The summed E-state index contributed by atoms with van der Waals surface area (Å²) in [6, 6.07) is 9.99. The molecule has 2 aromatic carbocycles. The van der Waals surface area contributed by atoms with E-state index in [4.69, 9.17) is 28.6 Å². The number of amides is 2. The van der Waals surface area contributed by atoms with Crippen LogP contribution in [0.2, 0.25) is 5.02 Å². The normalized spacial score (nSPS) is 14.1. The average molecular weight is 540 g/mol. The maximum atomic E-state index is 12.8. The van der Waals surface area contributed by atoms with E-state index in [0.29, 0.717) is 51.8 Å². The Hall–Kier alpha value is -2.20. The number of likely N-dealkylation sites (N-methyl/N-ethyl adjacent to an activating group) is 1. The molecule has 1 saturated heterocycles. The van der Waals surface area contributed by atoms with Crippen LogP contribution in [0.1, 0.15) is 27.6 Å². The van der Waals surface area contributed by atoms with Gasteiger partial charge in [0, 0.05) is 37.3 Å². The van der Waals surface area contributed by atoms with Gasteiger partial charge in [-0.2, -0.15) is 0 Å². The smallest absolute Gasteiger partial charge is 0.257 e. The van der Waals surface area contributed by atoms with Gasteiger partial charge in [-0.25, -0.2) is 0 Å². The molecule has 0 saturated carbocycles. The van der Waals surface area contributed by atoms with Gasteiger partial charge < -0.3 is 19.9 Å². The second-order valence-electron chi connectivity index (χ2n) is 7.28. The lowest BCUT2D eigenvalue weighted by Gasteiger charge is -2.32. The molecule has 1 heterocycles. The van der Waals surface area contributed by atoms with Crippen molar-refractivity contribution in [2.75, 3.05) is 45.2 Å². The fourth-order valence-electron chi connectivity index (χ4n) is 3.19.